The van der Waals surface area contributed by atoms with Gasteiger partial charge in [-0.2, -0.15) is 4.31 Å². The number of likely N-dealkylation sites (N-methyl/N-ethyl adjacent to an activating group) is 1. The SMILES string of the molecule is Cc1cccc(S(=O)(=O)N2CCN(C)CC2CN)c1. The molecule has 0 amide bonds. The second kappa shape index (κ2) is 5.58. The monoisotopic (exact) mass is 283 g/mol. The van der Waals surface area contributed by atoms with Crippen LogP contribution in [-0.4, -0.2) is 56.9 Å². The van der Waals surface area contributed by atoms with Gasteiger partial charge in [0.25, 0.3) is 0 Å². The normalized spacial score (nSPS) is 22.6. The topological polar surface area (TPSA) is 66.6 Å². The van der Waals surface area contributed by atoms with Crippen molar-refractivity contribution in [1.82, 2.24) is 9.21 Å². The Morgan fingerprint density at radius 2 is 2.11 bits per heavy atom. The molecule has 1 aliphatic heterocycles. The molecular formula is C13H21N3O2S. The van der Waals surface area contributed by atoms with E-state index in [1.54, 1.807) is 22.5 Å². The van der Waals surface area contributed by atoms with Crippen molar-refractivity contribution in [2.45, 2.75) is 17.9 Å². The van der Waals surface area contributed by atoms with E-state index in [-0.39, 0.29) is 6.04 Å². The molecule has 1 unspecified atom stereocenters. The molecule has 6 heteroatoms. The molecular weight excluding hydrogens is 262 g/mol. The van der Waals surface area contributed by atoms with Gasteiger partial charge in [-0.05, 0) is 31.7 Å². The van der Waals surface area contributed by atoms with E-state index in [4.69, 9.17) is 5.73 Å². The Balaban J connectivity index is 2.33. The Morgan fingerprint density at radius 1 is 1.37 bits per heavy atom. The van der Waals surface area contributed by atoms with Crippen molar-refractivity contribution >= 4 is 10.0 Å². The first-order valence-corrected chi connectivity index (χ1v) is 7.86. The number of sulfonamides is 1. The van der Waals surface area contributed by atoms with Gasteiger partial charge < -0.3 is 10.6 Å². The summed E-state index contributed by atoms with van der Waals surface area (Å²) in [5, 5.41) is 0. The van der Waals surface area contributed by atoms with Crippen molar-refractivity contribution in [3.8, 4) is 0 Å². The maximum absolute atomic E-state index is 12.7. The fourth-order valence-electron chi connectivity index (χ4n) is 2.41. The summed E-state index contributed by atoms with van der Waals surface area (Å²) in [6.07, 6.45) is 0. The molecule has 1 aromatic rings. The zero-order chi connectivity index (χ0) is 14.0. The number of hydrogen-bond donors (Lipinski definition) is 1. The summed E-state index contributed by atoms with van der Waals surface area (Å²) in [5.74, 6) is 0. The fraction of sp³-hybridized carbons (Fsp3) is 0.538. The lowest BCUT2D eigenvalue weighted by molar-refractivity contribution is 0.164. The summed E-state index contributed by atoms with van der Waals surface area (Å²) < 4.78 is 26.9. The van der Waals surface area contributed by atoms with Crippen LogP contribution in [0.3, 0.4) is 0 Å². The van der Waals surface area contributed by atoms with Crippen LogP contribution in [0.2, 0.25) is 0 Å². The summed E-state index contributed by atoms with van der Waals surface area (Å²) in [4.78, 5) is 2.47. The third-order valence-corrected chi connectivity index (χ3v) is 5.45. The first-order valence-electron chi connectivity index (χ1n) is 6.42. The van der Waals surface area contributed by atoms with Crippen molar-refractivity contribution in [3.05, 3.63) is 29.8 Å². The standard InChI is InChI=1S/C13H21N3O2S/c1-11-4-3-5-13(8-11)19(17,18)16-7-6-15(2)10-12(16)9-14/h3-5,8,12H,6-7,9-10,14H2,1-2H3. The lowest BCUT2D eigenvalue weighted by Crippen LogP contribution is -2.56. The minimum Gasteiger partial charge on any atom is -0.329 e. The summed E-state index contributed by atoms with van der Waals surface area (Å²) in [7, 11) is -1.46. The second-order valence-corrected chi connectivity index (χ2v) is 6.97. The number of benzene rings is 1. The smallest absolute Gasteiger partial charge is 0.243 e. The first-order chi connectivity index (χ1) is 8.95. The molecule has 0 spiro atoms. The van der Waals surface area contributed by atoms with Crippen molar-refractivity contribution in [1.29, 1.82) is 0 Å². The molecule has 5 nitrogen and oxygen atoms in total. The second-order valence-electron chi connectivity index (χ2n) is 5.08. The highest BCUT2D eigenvalue weighted by molar-refractivity contribution is 7.89. The average Bonchev–Trinajstić information content (AvgIpc) is 2.38. The Bertz CT molecular complexity index is 545. The molecule has 1 saturated heterocycles. The van der Waals surface area contributed by atoms with E-state index in [1.807, 2.05) is 20.0 Å². The van der Waals surface area contributed by atoms with Crippen LogP contribution in [0.4, 0.5) is 0 Å². The number of piperazine rings is 1. The minimum atomic E-state index is -3.44. The lowest BCUT2D eigenvalue weighted by Gasteiger charge is -2.38. The fourth-order valence-corrected chi connectivity index (χ4v) is 4.14. The van der Waals surface area contributed by atoms with Crippen molar-refractivity contribution in [3.63, 3.8) is 0 Å². The first kappa shape index (κ1) is 14.5. The molecule has 2 rings (SSSR count). The van der Waals surface area contributed by atoms with Crippen molar-refractivity contribution in [2.75, 3.05) is 33.2 Å². The van der Waals surface area contributed by atoms with E-state index in [1.165, 1.54) is 0 Å². The largest absolute Gasteiger partial charge is 0.329 e. The van der Waals surface area contributed by atoms with Crippen LogP contribution in [0.5, 0.6) is 0 Å². The van der Waals surface area contributed by atoms with E-state index in [2.05, 4.69) is 4.90 Å². The third kappa shape index (κ3) is 2.97. The van der Waals surface area contributed by atoms with Crippen LogP contribution in [-0.2, 0) is 10.0 Å². The Morgan fingerprint density at radius 3 is 2.74 bits per heavy atom. The van der Waals surface area contributed by atoms with E-state index in [9.17, 15) is 8.42 Å². The van der Waals surface area contributed by atoms with Crippen LogP contribution in [0, 0.1) is 6.92 Å². The maximum Gasteiger partial charge on any atom is 0.243 e. The number of nitrogens with zero attached hydrogens (tertiary/aromatic N) is 2. The van der Waals surface area contributed by atoms with Crippen LogP contribution in [0.25, 0.3) is 0 Å². The molecule has 1 atom stereocenters. The molecule has 1 aliphatic rings. The Hall–Kier alpha value is -0.950. The van der Waals surface area contributed by atoms with Gasteiger partial charge in [-0.1, -0.05) is 12.1 Å². The van der Waals surface area contributed by atoms with Crippen LogP contribution in [0.1, 0.15) is 5.56 Å². The average molecular weight is 283 g/mol. The molecule has 0 saturated carbocycles. The Kier molecular flexibility index (Phi) is 4.25. The van der Waals surface area contributed by atoms with Crippen molar-refractivity contribution < 1.29 is 8.42 Å². The van der Waals surface area contributed by atoms with Crippen LogP contribution in [0.15, 0.2) is 29.2 Å². The molecule has 0 radical (unpaired) electrons. The molecule has 1 heterocycles. The number of nitrogens with two attached hydrogens (primary N) is 1. The zero-order valence-electron chi connectivity index (χ0n) is 11.4. The highest BCUT2D eigenvalue weighted by atomic mass is 32.2. The predicted molar refractivity (Wildman–Crippen MR) is 75.4 cm³/mol. The van der Waals surface area contributed by atoms with Crippen LogP contribution >= 0.6 is 0 Å². The molecule has 1 fully saturated rings. The van der Waals surface area contributed by atoms with Crippen molar-refractivity contribution in [2.24, 2.45) is 5.73 Å². The number of rotatable bonds is 3. The lowest BCUT2D eigenvalue weighted by atomic mass is 10.2. The van der Waals surface area contributed by atoms with Gasteiger partial charge in [0.1, 0.15) is 0 Å². The highest BCUT2D eigenvalue weighted by Gasteiger charge is 2.34. The third-order valence-electron chi connectivity index (χ3n) is 3.50. The Labute approximate surface area is 115 Å². The van der Waals surface area contributed by atoms with Gasteiger partial charge in [0.15, 0.2) is 0 Å². The van der Waals surface area contributed by atoms with Gasteiger partial charge >= 0.3 is 0 Å². The van der Waals surface area contributed by atoms with E-state index < -0.39 is 10.0 Å². The molecule has 0 aliphatic carbocycles. The molecule has 19 heavy (non-hydrogen) atoms. The molecule has 0 bridgehead atoms. The van der Waals surface area contributed by atoms with Gasteiger partial charge in [-0.3, -0.25) is 0 Å². The van der Waals surface area contributed by atoms with Gasteiger partial charge in [-0.15, -0.1) is 0 Å². The predicted octanol–water partition coefficient (Wildman–Crippen LogP) is 0.258. The van der Waals surface area contributed by atoms with Crippen LogP contribution < -0.4 is 5.73 Å². The van der Waals surface area contributed by atoms with Gasteiger partial charge in [0.05, 0.1) is 10.9 Å². The van der Waals surface area contributed by atoms with Gasteiger partial charge in [-0.25, -0.2) is 8.42 Å². The zero-order valence-corrected chi connectivity index (χ0v) is 12.2. The quantitative estimate of drug-likeness (QED) is 0.864. The molecule has 0 aromatic heterocycles. The number of aryl methyl sites for hydroxylation is 1. The van der Waals surface area contributed by atoms with E-state index >= 15 is 0 Å². The summed E-state index contributed by atoms with van der Waals surface area (Å²) in [6, 6.07) is 6.87. The summed E-state index contributed by atoms with van der Waals surface area (Å²) in [6.45, 7) is 4.15. The molecule has 2 N–H and O–H groups in total. The summed E-state index contributed by atoms with van der Waals surface area (Å²) >= 11 is 0. The minimum absolute atomic E-state index is 0.149. The van der Waals surface area contributed by atoms with E-state index in [0.717, 1.165) is 12.1 Å². The summed E-state index contributed by atoms with van der Waals surface area (Å²) in [5.41, 5.74) is 6.67. The van der Waals surface area contributed by atoms with E-state index in [0.29, 0.717) is 24.5 Å². The van der Waals surface area contributed by atoms with Gasteiger partial charge in [0.2, 0.25) is 10.0 Å². The molecule has 1 aromatic carbocycles. The number of hydrogen-bond acceptors (Lipinski definition) is 4. The molecule has 106 valence electrons. The highest BCUT2D eigenvalue weighted by Crippen LogP contribution is 2.21. The maximum atomic E-state index is 12.7. The van der Waals surface area contributed by atoms with Gasteiger partial charge in [0, 0.05) is 26.2 Å².